The topological polar surface area (TPSA) is 32.7 Å². The first-order chi connectivity index (χ1) is 9.63. The second-order valence-corrected chi connectivity index (χ2v) is 5.99. The molecule has 1 unspecified atom stereocenters. The van der Waals surface area contributed by atoms with Crippen LogP contribution in [0.15, 0.2) is 18.2 Å². The summed E-state index contributed by atoms with van der Waals surface area (Å²) in [4.78, 5) is 2.28. The van der Waals surface area contributed by atoms with Crippen molar-refractivity contribution in [2.45, 2.75) is 31.4 Å². The number of nitrogens with zero attached hydrogens (tertiary/aromatic N) is 1. The molecule has 1 aromatic carbocycles. The maximum Gasteiger partial charge on any atom is 0.130 e. The van der Waals surface area contributed by atoms with Gasteiger partial charge in [-0.05, 0) is 37.0 Å². The molecule has 20 heavy (non-hydrogen) atoms. The standard InChI is InChI=1S/C15H23FNO2P/c1-19-13-4-3-12(10-18)17(9-13)7-6-11-2-5-14(16)15(20)8-11/h2,5,8,12-13,18H,3-4,6-7,9-10,20H2,1H3/t12-,13-/m1/s1. The van der Waals surface area contributed by atoms with E-state index in [0.29, 0.717) is 5.30 Å². The fourth-order valence-corrected chi connectivity index (χ4v) is 3.07. The SMILES string of the molecule is CO[C@@H]1CC[C@H](CO)N(CCc2ccc(F)c(P)c2)C1. The molecule has 5 heteroatoms. The van der Waals surface area contributed by atoms with Crippen LogP contribution in [-0.2, 0) is 11.2 Å². The zero-order valence-electron chi connectivity index (χ0n) is 11.9. The van der Waals surface area contributed by atoms with Gasteiger partial charge in [0.1, 0.15) is 5.82 Å². The zero-order valence-corrected chi connectivity index (χ0v) is 13.0. The number of methoxy groups -OCH3 is 1. The van der Waals surface area contributed by atoms with Gasteiger partial charge in [-0.2, -0.15) is 0 Å². The Balaban J connectivity index is 1.94. The summed E-state index contributed by atoms with van der Waals surface area (Å²) in [6.45, 7) is 1.91. The Bertz CT molecular complexity index is 444. The Morgan fingerprint density at radius 1 is 1.45 bits per heavy atom. The molecule has 1 aromatic rings. The molecule has 1 aliphatic rings. The molecular weight excluding hydrogens is 276 g/mol. The highest BCUT2D eigenvalue weighted by Crippen LogP contribution is 2.19. The monoisotopic (exact) mass is 299 g/mol. The van der Waals surface area contributed by atoms with Crippen LogP contribution in [0.25, 0.3) is 0 Å². The summed E-state index contributed by atoms with van der Waals surface area (Å²) in [5.74, 6) is -0.190. The molecule has 3 atom stereocenters. The molecule has 1 N–H and O–H groups in total. The van der Waals surface area contributed by atoms with Gasteiger partial charge in [0.2, 0.25) is 0 Å². The Hall–Kier alpha value is -0.540. The van der Waals surface area contributed by atoms with Crippen LogP contribution < -0.4 is 5.30 Å². The number of aliphatic hydroxyl groups excluding tert-OH is 1. The maximum atomic E-state index is 13.2. The number of hydrogen-bond donors (Lipinski definition) is 1. The molecule has 1 heterocycles. The van der Waals surface area contributed by atoms with Gasteiger partial charge in [-0.3, -0.25) is 4.90 Å². The summed E-state index contributed by atoms with van der Waals surface area (Å²) in [7, 11) is 4.16. The van der Waals surface area contributed by atoms with Gasteiger partial charge in [0.15, 0.2) is 0 Å². The lowest BCUT2D eigenvalue weighted by Crippen LogP contribution is -2.48. The molecule has 1 fully saturated rings. The van der Waals surface area contributed by atoms with E-state index in [-0.39, 0.29) is 24.6 Å². The summed E-state index contributed by atoms with van der Waals surface area (Å²) in [6, 6.07) is 5.42. The number of rotatable bonds is 5. The third kappa shape index (κ3) is 3.98. The van der Waals surface area contributed by atoms with Crippen LogP contribution >= 0.6 is 9.24 Å². The van der Waals surface area contributed by atoms with Gasteiger partial charge in [0, 0.05) is 31.5 Å². The van der Waals surface area contributed by atoms with Crippen molar-refractivity contribution in [3.8, 4) is 0 Å². The van der Waals surface area contributed by atoms with E-state index in [1.165, 1.54) is 6.07 Å². The van der Waals surface area contributed by atoms with Gasteiger partial charge in [-0.25, -0.2) is 4.39 Å². The van der Waals surface area contributed by atoms with Crippen LogP contribution in [0.3, 0.4) is 0 Å². The van der Waals surface area contributed by atoms with E-state index >= 15 is 0 Å². The second-order valence-electron chi connectivity index (χ2n) is 5.37. The van der Waals surface area contributed by atoms with E-state index in [2.05, 4.69) is 14.1 Å². The largest absolute Gasteiger partial charge is 0.395 e. The molecule has 0 amide bonds. The van der Waals surface area contributed by atoms with Crippen LogP contribution in [0.4, 0.5) is 4.39 Å². The average molecular weight is 299 g/mol. The quantitative estimate of drug-likeness (QED) is 0.833. The number of piperidine rings is 1. The predicted octanol–water partition coefficient (Wildman–Crippen LogP) is 1.34. The molecule has 112 valence electrons. The predicted molar refractivity (Wildman–Crippen MR) is 81.9 cm³/mol. The summed E-state index contributed by atoms with van der Waals surface area (Å²) in [5.41, 5.74) is 1.12. The van der Waals surface area contributed by atoms with Crippen molar-refractivity contribution in [3.63, 3.8) is 0 Å². The minimum Gasteiger partial charge on any atom is -0.395 e. The van der Waals surface area contributed by atoms with Crippen LogP contribution in [0.5, 0.6) is 0 Å². The Labute approximate surface area is 122 Å². The third-order valence-electron chi connectivity index (χ3n) is 4.07. The summed E-state index contributed by atoms with van der Waals surface area (Å²) in [6.07, 6.45) is 3.08. The molecule has 1 aliphatic heterocycles. The number of benzene rings is 1. The second kappa shape index (κ2) is 7.46. The maximum absolute atomic E-state index is 13.2. The van der Waals surface area contributed by atoms with Crippen molar-refractivity contribution in [3.05, 3.63) is 29.6 Å². The van der Waals surface area contributed by atoms with Gasteiger partial charge < -0.3 is 9.84 Å². The zero-order chi connectivity index (χ0) is 14.5. The van der Waals surface area contributed by atoms with Crippen LogP contribution in [0.1, 0.15) is 18.4 Å². The normalized spacial score (nSPS) is 24.0. The highest BCUT2D eigenvalue weighted by Gasteiger charge is 2.27. The highest BCUT2D eigenvalue weighted by molar-refractivity contribution is 7.27. The van der Waals surface area contributed by atoms with Crippen LogP contribution in [-0.4, -0.2) is 49.0 Å². The number of hydrogen-bond acceptors (Lipinski definition) is 3. The fourth-order valence-electron chi connectivity index (χ4n) is 2.76. The molecule has 0 saturated carbocycles. The van der Waals surface area contributed by atoms with E-state index in [1.54, 1.807) is 7.11 Å². The van der Waals surface area contributed by atoms with Crippen LogP contribution in [0, 0.1) is 5.82 Å². The first kappa shape index (κ1) is 15.8. The minimum absolute atomic E-state index is 0.189. The number of aliphatic hydroxyl groups is 1. The molecule has 0 radical (unpaired) electrons. The molecule has 3 nitrogen and oxygen atoms in total. The van der Waals surface area contributed by atoms with E-state index < -0.39 is 0 Å². The van der Waals surface area contributed by atoms with Crippen LogP contribution in [0.2, 0.25) is 0 Å². The number of halogens is 1. The number of ether oxygens (including phenoxy) is 1. The highest BCUT2D eigenvalue weighted by atomic mass is 31.0. The van der Waals surface area contributed by atoms with Gasteiger partial charge in [-0.1, -0.05) is 6.07 Å². The summed E-state index contributed by atoms with van der Waals surface area (Å²) < 4.78 is 18.7. The molecule has 0 aromatic heterocycles. The molecule has 1 saturated heterocycles. The smallest absolute Gasteiger partial charge is 0.130 e. The van der Waals surface area contributed by atoms with Crippen molar-refractivity contribution < 1.29 is 14.2 Å². The molecular formula is C15H23FNO2P. The summed E-state index contributed by atoms with van der Waals surface area (Å²) >= 11 is 0. The minimum atomic E-state index is -0.190. The van der Waals surface area contributed by atoms with Crippen molar-refractivity contribution in [2.24, 2.45) is 0 Å². The summed E-state index contributed by atoms with van der Waals surface area (Å²) in [5, 5.41) is 10.1. The van der Waals surface area contributed by atoms with E-state index in [9.17, 15) is 9.50 Å². The Morgan fingerprint density at radius 3 is 2.90 bits per heavy atom. The Morgan fingerprint density at radius 2 is 2.25 bits per heavy atom. The van der Waals surface area contributed by atoms with Crippen molar-refractivity contribution in [2.75, 3.05) is 26.8 Å². The lowest BCUT2D eigenvalue weighted by molar-refractivity contribution is -0.00872. The van der Waals surface area contributed by atoms with Crippen molar-refractivity contribution in [1.29, 1.82) is 0 Å². The first-order valence-electron chi connectivity index (χ1n) is 7.05. The average Bonchev–Trinajstić information content (AvgIpc) is 2.48. The first-order valence-corrected chi connectivity index (χ1v) is 7.63. The van der Waals surface area contributed by atoms with Gasteiger partial charge in [0.05, 0.1) is 12.7 Å². The van der Waals surface area contributed by atoms with E-state index in [0.717, 1.165) is 37.9 Å². The fraction of sp³-hybridized carbons (Fsp3) is 0.600. The number of likely N-dealkylation sites (tertiary alicyclic amines) is 1. The van der Waals surface area contributed by atoms with Gasteiger partial charge in [-0.15, -0.1) is 9.24 Å². The van der Waals surface area contributed by atoms with Gasteiger partial charge in [0.25, 0.3) is 0 Å². The van der Waals surface area contributed by atoms with Crippen molar-refractivity contribution >= 4 is 14.5 Å². The van der Waals surface area contributed by atoms with E-state index in [1.807, 2.05) is 12.1 Å². The molecule has 0 bridgehead atoms. The lowest BCUT2D eigenvalue weighted by atomic mass is 9.99. The van der Waals surface area contributed by atoms with E-state index in [4.69, 9.17) is 4.74 Å². The van der Waals surface area contributed by atoms with Crippen molar-refractivity contribution in [1.82, 2.24) is 4.90 Å². The third-order valence-corrected chi connectivity index (χ3v) is 4.51. The molecule has 2 rings (SSSR count). The lowest BCUT2D eigenvalue weighted by Gasteiger charge is -2.38. The molecule has 0 spiro atoms. The molecule has 0 aliphatic carbocycles. The van der Waals surface area contributed by atoms with Gasteiger partial charge >= 0.3 is 0 Å². The Kier molecular flexibility index (Phi) is 5.91.